The first-order chi connectivity index (χ1) is 12.1. The number of rotatable bonds is 3. The molecule has 1 fully saturated rings. The van der Waals surface area contributed by atoms with Gasteiger partial charge in [-0.2, -0.15) is 0 Å². The number of likely N-dealkylation sites (tertiary alicyclic amines) is 1. The summed E-state index contributed by atoms with van der Waals surface area (Å²) in [5.41, 5.74) is 4.44. The van der Waals surface area contributed by atoms with Crippen LogP contribution >= 0.6 is 0 Å². The third-order valence-corrected chi connectivity index (χ3v) is 5.30. The van der Waals surface area contributed by atoms with Gasteiger partial charge >= 0.3 is 0 Å². The second-order valence-corrected chi connectivity index (χ2v) is 7.19. The van der Waals surface area contributed by atoms with Crippen LogP contribution in [-0.2, 0) is 12.8 Å². The van der Waals surface area contributed by atoms with Gasteiger partial charge in [0.15, 0.2) is 0 Å². The van der Waals surface area contributed by atoms with E-state index >= 15 is 0 Å². The van der Waals surface area contributed by atoms with Crippen LogP contribution in [0.15, 0.2) is 30.6 Å². The standard InChI is InChI=1S/C20H24N4O/c1-23(2)19-13-21-12-17(22-19)18-7-4-10-24(18)20(25)16-9-8-14-5-3-6-15(14)11-16/h8-9,11-13,18H,3-7,10H2,1-2H3/t18-/m0/s1. The summed E-state index contributed by atoms with van der Waals surface area (Å²) in [6, 6.07) is 6.24. The summed E-state index contributed by atoms with van der Waals surface area (Å²) in [5, 5.41) is 0. The van der Waals surface area contributed by atoms with Crippen molar-refractivity contribution in [3.63, 3.8) is 0 Å². The molecule has 0 spiro atoms. The van der Waals surface area contributed by atoms with E-state index in [1.54, 1.807) is 12.4 Å². The minimum Gasteiger partial charge on any atom is -0.361 e. The van der Waals surface area contributed by atoms with Crippen molar-refractivity contribution in [1.29, 1.82) is 0 Å². The molecule has 25 heavy (non-hydrogen) atoms. The first-order valence-corrected chi connectivity index (χ1v) is 9.05. The monoisotopic (exact) mass is 336 g/mol. The predicted octanol–water partition coefficient (Wildman–Crippen LogP) is 3.01. The zero-order valence-corrected chi connectivity index (χ0v) is 14.9. The van der Waals surface area contributed by atoms with Crippen molar-refractivity contribution in [2.45, 2.75) is 38.1 Å². The number of amides is 1. The van der Waals surface area contributed by atoms with Crippen molar-refractivity contribution in [2.75, 3.05) is 25.5 Å². The number of fused-ring (bicyclic) bond motifs is 1. The number of benzene rings is 1. The fourth-order valence-electron chi connectivity index (χ4n) is 3.93. The molecule has 0 radical (unpaired) electrons. The van der Waals surface area contributed by atoms with Crippen LogP contribution in [0.3, 0.4) is 0 Å². The van der Waals surface area contributed by atoms with Gasteiger partial charge in [0.2, 0.25) is 0 Å². The lowest BCUT2D eigenvalue weighted by Crippen LogP contribution is -2.31. The molecule has 5 heteroatoms. The molecule has 4 rings (SSSR count). The van der Waals surface area contributed by atoms with Crippen molar-refractivity contribution < 1.29 is 4.79 Å². The lowest BCUT2D eigenvalue weighted by Gasteiger charge is -2.25. The van der Waals surface area contributed by atoms with Gasteiger partial charge in [0, 0.05) is 26.2 Å². The van der Waals surface area contributed by atoms with Crippen LogP contribution in [0.2, 0.25) is 0 Å². The Labute approximate surface area is 148 Å². The molecule has 0 saturated carbocycles. The molecule has 1 aliphatic carbocycles. The maximum atomic E-state index is 13.1. The Morgan fingerprint density at radius 3 is 2.84 bits per heavy atom. The van der Waals surface area contributed by atoms with E-state index in [0.717, 1.165) is 49.3 Å². The molecule has 2 aliphatic rings. The van der Waals surface area contributed by atoms with Gasteiger partial charge in [-0.1, -0.05) is 6.07 Å². The molecule has 1 aromatic carbocycles. The van der Waals surface area contributed by atoms with E-state index in [0.29, 0.717) is 0 Å². The highest BCUT2D eigenvalue weighted by Crippen LogP contribution is 2.33. The van der Waals surface area contributed by atoms with Gasteiger partial charge < -0.3 is 9.80 Å². The van der Waals surface area contributed by atoms with Crippen molar-refractivity contribution in [3.8, 4) is 0 Å². The Morgan fingerprint density at radius 1 is 1.16 bits per heavy atom. The fraction of sp³-hybridized carbons (Fsp3) is 0.450. The Morgan fingerprint density at radius 2 is 2.00 bits per heavy atom. The summed E-state index contributed by atoms with van der Waals surface area (Å²) in [4.78, 5) is 26.1. The smallest absolute Gasteiger partial charge is 0.254 e. The SMILES string of the molecule is CN(C)c1cncc([C@@H]2CCCN2C(=O)c2ccc3c(c2)CCC3)n1. The minimum absolute atomic E-state index is 0.0214. The summed E-state index contributed by atoms with van der Waals surface area (Å²) in [7, 11) is 3.91. The fourth-order valence-corrected chi connectivity index (χ4v) is 3.93. The maximum absolute atomic E-state index is 13.1. The molecule has 1 amide bonds. The van der Waals surface area contributed by atoms with Crippen LogP contribution in [0.25, 0.3) is 0 Å². The van der Waals surface area contributed by atoms with Gasteiger partial charge in [0.1, 0.15) is 5.82 Å². The van der Waals surface area contributed by atoms with E-state index in [-0.39, 0.29) is 11.9 Å². The highest BCUT2D eigenvalue weighted by Gasteiger charge is 2.32. The first kappa shape index (κ1) is 16.1. The molecule has 1 aromatic heterocycles. The number of carbonyl (C=O) groups excluding carboxylic acids is 1. The number of anilines is 1. The quantitative estimate of drug-likeness (QED) is 0.864. The highest BCUT2D eigenvalue weighted by molar-refractivity contribution is 5.95. The van der Waals surface area contributed by atoms with E-state index < -0.39 is 0 Å². The summed E-state index contributed by atoms with van der Waals surface area (Å²) in [6.45, 7) is 0.786. The zero-order chi connectivity index (χ0) is 17.4. The molecular formula is C20H24N4O. The van der Waals surface area contributed by atoms with Crippen LogP contribution in [0.4, 0.5) is 5.82 Å². The third kappa shape index (κ3) is 2.99. The van der Waals surface area contributed by atoms with Crippen molar-refractivity contribution >= 4 is 11.7 Å². The number of hydrogen-bond acceptors (Lipinski definition) is 4. The van der Waals surface area contributed by atoms with E-state index in [1.165, 1.54) is 17.5 Å². The number of nitrogens with zero attached hydrogens (tertiary/aromatic N) is 4. The summed E-state index contributed by atoms with van der Waals surface area (Å²) in [6.07, 6.45) is 8.94. The van der Waals surface area contributed by atoms with Crippen LogP contribution in [0, 0.1) is 0 Å². The second-order valence-electron chi connectivity index (χ2n) is 7.19. The summed E-state index contributed by atoms with van der Waals surface area (Å²) >= 11 is 0. The van der Waals surface area contributed by atoms with E-state index in [1.807, 2.05) is 30.0 Å². The number of carbonyl (C=O) groups is 1. The molecular weight excluding hydrogens is 312 g/mol. The minimum atomic E-state index is 0.0214. The lowest BCUT2D eigenvalue weighted by atomic mass is 10.0. The number of aromatic nitrogens is 2. The molecule has 1 atom stereocenters. The topological polar surface area (TPSA) is 49.3 Å². The van der Waals surface area contributed by atoms with Gasteiger partial charge in [-0.05, 0) is 55.4 Å². The number of hydrogen-bond donors (Lipinski definition) is 0. The van der Waals surface area contributed by atoms with E-state index in [2.05, 4.69) is 17.1 Å². The van der Waals surface area contributed by atoms with Gasteiger partial charge in [-0.25, -0.2) is 4.98 Å². The van der Waals surface area contributed by atoms with E-state index in [9.17, 15) is 4.79 Å². The zero-order valence-electron chi connectivity index (χ0n) is 14.9. The molecule has 0 unspecified atom stereocenters. The van der Waals surface area contributed by atoms with E-state index in [4.69, 9.17) is 4.98 Å². The average molecular weight is 336 g/mol. The highest BCUT2D eigenvalue weighted by atomic mass is 16.2. The lowest BCUT2D eigenvalue weighted by molar-refractivity contribution is 0.0732. The van der Waals surface area contributed by atoms with Crippen molar-refractivity contribution in [3.05, 3.63) is 53.0 Å². The van der Waals surface area contributed by atoms with Crippen LogP contribution in [0.1, 0.15) is 52.5 Å². The van der Waals surface area contributed by atoms with Crippen LogP contribution < -0.4 is 4.90 Å². The largest absolute Gasteiger partial charge is 0.361 e. The Hall–Kier alpha value is -2.43. The van der Waals surface area contributed by atoms with Crippen molar-refractivity contribution in [1.82, 2.24) is 14.9 Å². The Bertz CT molecular complexity index is 802. The summed E-state index contributed by atoms with van der Waals surface area (Å²) < 4.78 is 0. The Kier molecular flexibility index (Phi) is 4.15. The molecule has 130 valence electrons. The molecule has 0 N–H and O–H groups in total. The maximum Gasteiger partial charge on any atom is 0.254 e. The van der Waals surface area contributed by atoms with Crippen LogP contribution in [0.5, 0.6) is 0 Å². The normalized spacial score (nSPS) is 19.1. The molecule has 2 aromatic rings. The van der Waals surface area contributed by atoms with Crippen molar-refractivity contribution in [2.24, 2.45) is 0 Å². The Balaban J connectivity index is 1.61. The molecule has 0 bridgehead atoms. The number of aryl methyl sites for hydroxylation is 2. The van der Waals surface area contributed by atoms with Gasteiger partial charge in [-0.3, -0.25) is 9.78 Å². The third-order valence-electron chi connectivity index (χ3n) is 5.30. The average Bonchev–Trinajstić information content (AvgIpc) is 3.29. The first-order valence-electron chi connectivity index (χ1n) is 9.05. The van der Waals surface area contributed by atoms with Gasteiger partial charge in [-0.15, -0.1) is 0 Å². The summed E-state index contributed by atoms with van der Waals surface area (Å²) in [5.74, 6) is 0.948. The second kappa shape index (κ2) is 6.47. The van der Waals surface area contributed by atoms with Crippen LogP contribution in [-0.4, -0.2) is 41.4 Å². The molecule has 1 saturated heterocycles. The molecule has 1 aliphatic heterocycles. The molecule has 5 nitrogen and oxygen atoms in total. The predicted molar refractivity (Wildman–Crippen MR) is 97.8 cm³/mol. The van der Waals surface area contributed by atoms with Gasteiger partial charge in [0.25, 0.3) is 5.91 Å². The molecule has 2 heterocycles. The van der Waals surface area contributed by atoms with Gasteiger partial charge in [0.05, 0.1) is 24.1 Å².